The Kier molecular flexibility index (Phi) is 8.79. The van der Waals surface area contributed by atoms with Gasteiger partial charge in [0.05, 0.1) is 37.2 Å². The minimum absolute atomic E-state index is 0.00155. The first-order valence-corrected chi connectivity index (χ1v) is 14.6. The number of sulfone groups is 1. The van der Waals surface area contributed by atoms with Gasteiger partial charge in [-0.2, -0.15) is 0 Å². The van der Waals surface area contributed by atoms with E-state index in [1.807, 2.05) is 96.8 Å². The predicted octanol–water partition coefficient (Wildman–Crippen LogP) is 5.44. The first-order valence-electron chi connectivity index (χ1n) is 12.9. The first kappa shape index (κ1) is 27.3. The molecule has 0 atom stereocenters. The third kappa shape index (κ3) is 6.98. The lowest BCUT2D eigenvalue weighted by molar-refractivity contribution is -0.131. The van der Waals surface area contributed by atoms with Crippen LogP contribution in [-0.2, 0) is 39.9 Å². The van der Waals surface area contributed by atoms with Gasteiger partial charge in [-0.3, -0.25) is 4.79 Å². The fraction of sp³-hybridized carbons (Fsp3) is 0.290. The molecule has 0 N–H and O–H groups in total. The van der Waals surface area contributed by atoms with Gasteiger partial charge in [-0.1, -0.05) is 98.8 Å². The van der Waals surface area contributed by atoms with Crippen LogP contribution in [0.1, 0.15) is 41.8 Å². The van der Waals surface area contributed by atoms with Gasteiger partial charge in [0.15, 0.2) is 0 Å². The molecule has 198 valence electrons. The third-order valence-corrected chi connectivity index (χ3v) is 8.03. The summed E-state index contributed by atoms with van der Waals surface area (Å²) in [5.74, 6) is 0.124. The summed E-state index contributed by atoms with van der Waals surface area (Å²) in [6.45, 7) is 7.25. The zero-order valence-electron chi connectivity index (χ0n) is 22.2. The summed E-state index contributed by atoms with van der Waals surface area (Å²) in [7, 11) is -3.74. The number of nitrogens with zero attached hydrogens (tertiary/aromatic N) is 3. The molecule has 0 aliphatic heterocycles. The van der Waals surface area contributed by atoms with Gasteiger partial charge in [-0.05, 0) is 35.1 Å². The summed E-state index contributed by atoms with van der Waals surface area (Å²) in [6.07, 6.45) is 1.90. The Bertz CT molecular complexity index is 1460. The molecule has 4 rings (SSSR count). The van der Waals surface area contributed by atoms with E-state index in [4.69, 9.17) is 0 Å². The number of imidazole rings is 1. The highest BCUT2D eigenvalue weighted by molar-refractivity contribution is 7.90. The van der Waals surface area contributed by atoms with Gasteiger partial charge in [0.25, 0.3) is 0 Å². The van der Waals surface area contributed by atoms with Crippen LogP contribution >= 0.6 is 0 Å². The normalized spacial score (nSPS) is 11.6. The standard InChI is InChI=1S/C31H35N3O3S/c1-24(2)20-33(30(35)18-26-13-6-4-7-14-26)22-29-19-32-31(34(29)21-27-15-8-5-9-16-27)38(36,37)23-28-17-11-10-12-25(28)3/h4-17,19,24H,18,20-23H2,1-3H3. The van der Waals surface area contributed by atoms with Crippen molar-refractivity contribution in [1.82, 2.24) is 14.5 Å². The molecule has 1 aromatic heterocycles. The van der Waals surface area contributed by atoms with Crippen molar-refractivity contribution in [3.8, 4) is 0 Å². The number of rotatable bonds is 11. The van der Waals surface area contributed by atoms with Crippen molar-refractivity contribution in [2.24, 2.45) is 5.92 Å². The SMILES string of the molecule is Cc1ccccc1CS(=O)(=O)c1ncc(CN(CC(C)C)C(=O)Cc2ccccc2)n1Cc1ccccc1. The molecule has 0 aliphatic carbocycles. The number of aromatic nitrogens is 2. The molecule has 7 heteroatoms. The summed E-state index contributed by atoms with van der Waals surface area (Å²) >= 11 is 0. The summed E-state index contributed by atoms with van der Waals surface area (Å²) in [4.78, 5) is 19.6. The lowest BCUT2D eigenvalue weighted by atomic mass is 10.1. The molecule has 1 heterocycles. The zero-order valence-corrected chi connectivity index (χ0v) is 23.1. The summed E-state index contributed by atoms with van der Waals surface area (Å²) < 4.78 is 29.1. The molecule has 38 heavy (non-hydrogen) atoms. The van der Waals surface area contributed by atoms with E-state index in [1.54, 1.807) is 10.8 Å². The van der Waals surface area contributed by atoms with E-state index in [-0.39, 0.29) is 29.3 Å². The molecule has 1 amide bonds. The van der Waals surface area contributed by atoms with E-state index in [9.17, 15) is 13.2 Å². The van der Waals surface area contributed by atoms with Gasteiger partial charge in [-0.25, -0.2) is 13.4 Å². The molecule has 0 radical (unpaired) electrons. The Morgan fingerprint density at radius 3 is 2.13 bits per heavy atom. The molecular formula is C31H35N3O3S. The van der Waals surface area contributed by atoms with Crippen LogP contribution in [0, 0.1) is 12.8 Å². The fourth-order valence-corrected chi connectivity index (χ4v) is 6.11. The number of carbonyl (C=O) groups is 1. The Morgan fingerprint density at radius 1 is 0.895 bits per heavy atom. The molecule has 0 bridgehead atoms. The Morgan fingerprint density at radius 2 is 1.50 bits per heavy atom. The zero-order chi connectivity index (χ0) is 27.1. The second kappa shape index (κ2) is 12.2. The third-order valence-electron chi connectivity index (χ3n) is 6.46. The number of amides is 1. The summed E-state index contributed by atoms with van der Waals surface area (Å²) in [5.41, 5.74) is 4.28. The van der Waals surface area contributed by atoms with Crippen molar-refractivity contribution in [2.45, 2.75) is 51.2 Å². The second-order valence-corrected chi connectivity index (χ2v) is 12.0. The van der Waals surface area contributed by atoms with E-state index in [2.05, 4.69) is 18.8 Å². The molecule has 0 unspecified atom stereocenters. The highest BCUT2D eigenvalue weighted by Gasteiger charge is 2.26. The highest BCUT2D eigenvalue weighted by atomic mass is 32.2. The number of hydrogen-bond acceptors (Lipinski definition) is 4. The largest absolute Gasteiger partial charge is 0.336 e. The van der Waals surface area contributed by atoms with Crippen LogP contribution in [0.15, 0.2) is 96.3 Å². The minimum Gasteiger partial charge on any atom is -0.336 e. The summed E-state index contributed by atoms with van der Waals surface area (Å²) in [5, 5.41) is 0.0274. The van der Waals surface area contributed by atoms with Crippen LogP contribution < -0.4 is 0 Å². The van der Waals surface area contributed by atoms with Crippen molar-refractivity contribution in [3.05, 3.63) is 119 Å². The van der Waals surface area contributed by atoms with Gasteiger partial charge in [0.1, 0.15) is 0 Å². The molecular weight excluding hydrogens is 494 g/mol. The monoisotopic (exact) mass is 529 g/mol. The van der Waals surface area contributed by atoms with E-state index in [0.717, 1.165) is 22.3 Å². The number of hydrogen-bond donors (Lipinski definition) is 0. The quantitative estimate of drug-likeness (QED) is 0.259. The van der Waals surface area contributed by atoms with Crippen molar-refractivity contribution in [1.29, 1.82) is 0 Å². The van der Waals surface area contributed by atoms with Crippen LogP contribution in [0.5, 0.6) is 0 Å². The van der Waals surface area contributed by atoms with Gasteiger partial charge in [0.2, 0.25) is 20.9 Å². The number of aryl methyl sites for hydroxylation is 1. The molecule has 0 aliphatic rings. The lowest BCUT2D eigenvalue weighted by Gasteiger charge is -2.25. The van der Waals surface area contributed by atoms with Crippen LogP contribution in [0.25, 0.3) is 0 Å². The molecule has 4 aromatic rings. The van der Waals surface area contributed by atoms with E-state index >= 15 is 0 Å². The van der Waals surface area contributed by atoms with Gasteiger partial charge in [0, 0.05) is 6.54 Å². The maximum atomic E-state index is 13.7. The first-order chi connectivity index (χ1) is 18.2. The lowest BCUT2D eigenvalue weighted by Crippen LogP contribution is -2.35. The van der Waals surface area contributed by atoms with E-state index in [0.29, 0.717) is 25.2 Å². The van der Waals surface area contributed by atoms with Gasteiger partial charge in [-0.15, -0.1) is 0 Å². The van der Waals surface area contributed by atoms with Crippen LogP contribution in [0.3, 0.4) is 0 Å². The van der Waals surface area contributed by atoms with Crippen LogP contribution in [0.2, 0.25) is 0 Å². The smallest absolute Gasteiger partial charge is 0.228 e. The van der Waals surface area contributed by atoms with Crippen molar-refractivity contribution >= 4 is 15.7 Å². The van der Waals surface area contributed by atoms with Gasteiger partial charge < -0.3 is 9.47 Å². The van der Waals surface area contributed by atoms with Crippen molar-refractivity contribution in [3.63, 3.8) is 0 Å². The second-order valence-electron chi connectivity index (χ2n) is 10.1. The predicted molar refractivity (Wildman–Crippen MR) is 150 cm³/mol. The number of benzene rings is 3. The van der Waals surface area contributed by atoms with E-state index < -0.39 is 9.84 Å². The van der Waals surface area contributed by atoms with Crippen LogP contribution in [0.4, 0.5) is 0 Å². The maximum Gasteiger partial charge on any atom is 0.228 e. The van der Waals surface area contributed by atoms with Gasteiger partial charge >= 0.3 is 0 Å². The maximum absolute atomic E-state index is 13.7. The molecule has 0 fully saturated rings. The minimum atomic E-state index is -3.74. The fourth-order valence-electron chi connectivity index (χ4n) is 4.52. The van der Waals surface area contributed by atoms with Crippen molar-refractivity contribution in [2.75, 3.05) is 6.54 Å². The molecule has 0 saturated heterocycles. The Labute approximate surface area is 225 Å². The van der Waals surface area contributed by atoms with Crippen LogP contribution in [-0.4, -0.2) is 35.3 Å². The van der Waals surface area contributed by atoms with Crippen molar-refractivity contribution < 1.29 is 13.2 Å². The average molecular weight is 530 g/mol. The average Bonchev–Trinajstić information content (AvgIpc) is 3.29. The highest BCUT2D eigenvalue weighted by Crippen LogP contribution is 2.22. The summed E-state index contributed by atoms with van der Waals surface area (Å²) in [6, 6.07) is 26.9. The Balaban J connectivity index is 1.69. The van der Waals surface area contributed by atoms with E-state index in [1.165, 1.54) is 0 Å². The number of carbonyl (C=O) groups excluding carboxylic acids is 1. The molecule has 0 saturated carbocycles. The molecule has 3 aromatic carbocycles. The molecule has 0 spiro atoms. The Hall–Kier alpha value is -3.71. The molecule has 6 nitrogen and oxygen atoms in total. The topological polar surface area (TPSA) is 72.3 Å².